The van der Waals surface area contributed by atoms with Crippen LogP contribution in [0.15, 0.2) is 71.6 Å². The molecule has 0 bridgehead atoms. The number of anilines is 1. The lowest BCUT2D eigenvalue weighted by Crippen LogP contribution is -2.26. The van der Waals surface area contributed by atoms with Crippen molar-refractivity contribution in [2.24, 2.45) is 0 Å². The first-order valence-corrected chi connectivity index (χ1v) is 11.0. The Hall–Kier alpha value is -2.90. The van der Waals surface area contributed by atoms with Crippen LogP contribution in [-0.4, -0.2) is 20.9 Å². The zero-order valence-electron chi connectivity index (χ0n) is 16.2. The number of rotatable bonds is 7. The van der Waals surface area contributed by atoms with Crippen molar-refractivity contribution in [3.8, 4) is 0 Å². The summed E-state index contributed by atoms with van der Waals surface area (Å²) in [6.45, 7) is 2.22. The molecule has 0 aliphatic rings. The molecule has 0 aliphatic carbocycles. The van der Waals surface area contributed by atoms with Crippen LogP contribution in [0, 0.1) is 12.7 Å². The fraction of sp³-hybridized carbons (Fsp3) is 0.136. The molecule has 0 spiro atoms. The van der Waals surface area contributed by atoms with Crippen molar-refractivity contribution in [3.05, 3.63) is 94.3 Å². The Morgan fingerprint density at radius 1 is 1.00 bits per heavy atom. The van der Waals surface area contributed by atoms with Crippen molar-refractivity contribution < 1.29 is 17.6 Å². The number of carbonyl (C=O) groups excluding carboxylic acids is 1. The van der Waals surface area contributed by atoms with Gasteiger partial charge < -0.3 is 5.32 Å². The fourth-order valence-electron chi connectivity index (χ4n) is 2.76. The van der Waals surface area contributed by atoms with Crippen molar-refractivity contribution >= 4 is 33.2 Å². The summed E-state index contributed by atoms with van der Waals surface area (Å²) in [5, 5.41) is 2.87. The Morgan fingerprint density at radius 2 is 1.67 bits per heavy atom. The standard InChI is InChI=1S/C22H20ClFN2O3S/c1-15-2-9-19(10-3-15)30(28,29)26-18-8-11-20(21(23)14-18)22(27)25-13-12-16-4-6-17(24)7-5-16/h2-11,14,26H,12-13H2,1H3,(H,25,27). The van der Waals surface area contributed by atoms with Crippen molar-refractivity contribution in [2.75, 3.05) is 11.3 Å². The summed E-state index contributed by atoms with van der Waals surface area (Å²) in [7, 11) is -3.76. The van der Waals surface area contributed by atoms with E-state index in [0.717, 1.165) is 11.1 Å². The third-order valence-electron chi connectivity index (χ3n) is 4.41. The van der Waals surface area contributed by atoms with E-state index in [1.54, 1.807) is 24.3 Å². The van der Waals surface area contributed by atoms with Crippen molar-refractivity contribution in [1.82, 2.24) is 5.32 Å². The van der Waals surface area contributed by atoms with E-state index in [-0.39, 0.29) is 32.9 Å². The Balaban J connectivity index is 1.63. The Morgan fingerprint density at radius 3 is 2.30 bits per heavy atom. The van der Waals surface area contributed by atoms with Gasteiger partial charge in [0.05, 0.1) is 21.2 Å². The molecule has 0 saturated heterocycles. The quantitative estimate of drug-likeness (QED) is 0.558. The number of nitrogens with one attached hydrogen (secondary N) is 2. The molecule has 0 unspecified atom stereocenters. The molecule has 3 aromatic carbocycles. The molecule has 5 nitrogen and oxygen atoms in total. The van der Waals surface area contributed by atoms with Crippen LogP contribution in [0.4, 0.5) is 10.1 Å². The minimum Gasteiger partial charge on any atom is -0.352 e. The lowest BCUT2D eigenvalue weighted by atomic mass is 10.1. The topological polar surface area (TPSA) is 75.3 Å². The first-order valence-electron chi connectivity index (χ1n) is 9.16. The van der Waals surface area contributed by atoms with Crippen molar-refractivity contribution in [2.45, 2.75) is 18.2 Å². The minimum absolute atomic E-state index is 0.124. The van der Waals surface area contributed by atoms with E-state index < -0.39 is 10.0 Å². The van der Waals surface area contributed by atoms with Crippen LogP contribution in [0.1, 0.15) is 21.5 Å². The summed E-state index contributed by atoms with van der Waals surface area (Å²) >= 11 is 6.20. The van der Waals surface area contributed by atoms with Crippen LogP contribution in [0.2, 0.25) is 5.02 Å². The van der Waals surface area contributed by atoms with Gasteiger partial charge in [0.25, 0.3) is 15.9 Å². The molecular formula is C22H20ClFN2O3S. The number of amides is 1. The second-order valence-corrected chi connectivity index (χ2v) is 8.84. The van der Waals surface area contributed by atoms with Gasteiger partial charge in [-0.1, -0.05) is 41.4 Å². The lowest BCUT2D eigenvalue weighted by molar-refractivity contribution is 0.0954. The number of aryl methyl sites for hydroxylation is 1. The second kappa shape index (κ2) is 9.28. The number of sulfonamides is 1. The number of hydrogen-bond donors (Lipinski definition) is 2. The van der Waals surface area contributed by atoms with E-state index >= 15 is 0 Å². The molecule has 1 amide bonds. The number of hydrogen-bond acceptors (Lipinski definition) is 3. The molecular weight excluding hydrogens is 427 g/mol. The normalized spacial score (nSPS) is 11.2. The Kier molecular flexibility index (Phi) is 6.74. The average Bonchev–Trinajstić information content (AvgIpc) is 2.69. The van der Waals surface area contributed by atoms with E-state index in [1.165, 1.54) is 42.5 Å². The molecule has 2 N–H and O–H groups in total. The molecule has 0 heterocycles. The third-order valence-corrected chi connectivity index (χ3v) is 6.12. The van der Waals surface area contributed by atoms with Gasteiger partial charge in [-0.15, -0.1) is 0 Å². The van der Waals surface area contributed by atoms with Crippen LogP contribution in [0.25, 0.3) is 0 Å². The van der Waals surface area contributed by atoms with E-state index in [0.29, 0.717) is 13.0 Å². The maximum atomic E-state index is 12.9. The van der Waals surface area contributed by atoms with Gasteiger partial charge in [0.1, 0.15) is 5.82 Å². The highest BCUT2D eigenvalue weighted by Crippen LogP contribution is 2.23. The highest BCUT2D eigenvalue weighted by Gasteiger charge is 2.16. The van der Waals surface area contributed by atoms with Crippen LogP contribution in [-0.2, 0) is 16.4 Å². The smallest absolute Gasteiger partial charge is 0.261 e. The van der Waals surface area contributed by atoms with Gasteiger partial charge >= 0.3 is 0 Å². The maximum Gasteiger partial charge on any atom is 0.261 e. The van der Waals surface area contributed by atoms with Gasteiger partial charge in [0.2, 0.25) is 0 Å². The van der Waals surface area contributed by atoms with Crippen molar-refractivity contribution in [1.29, 1.82) is 0 Å². The average molecular weight is 447 g/mol. The van der Waals surface area contributed by atoms with Crippen molar-refractivity contribution in [3.63, 3.8) is 0 Å². The summed E-state index contributed by atoms with van der Waals surface area (Å²) in [6.07, 6.45) is 0.540. The third kappa shape index (κ3) is 5.58. The van der Waals surface area contributed by atoms with Gasteiger partial charge in [0.15, 0.2) is 0 Å². The van der Waals surface area contributed by atoms with Crippen LogP contribution < -0.4 is 10.0 Å². The zero-order chi connectivity index (χ0) is 21.7. The highest BCUT2D eigenvalue weighted by molar-refractivity contribution is 7.92. The SMILES string of the molecule is Cc1ccc(S(=O)(=O)Nc2ccc(C(=O)NCCc3ccc(F)cc3)c(Cl)c2)cc1. The van der Waals surface area contributed by atoms with E-state index in [9.17, 15) is 17.6 Å². The Bertz CT molecular complexity index is 1150. The van der Waals surface area contributed by atoms with Gasteiger partial charge in [-0.05, 0) is 61.4 Å². The van der Waals surface area contributed by atoms with Gasteiger partial charge in [-0.25, -0.2) is 12.8 Å². The predicted octanol–water partition coefficient (Wildman–Crippen LogP) is 4.56. The van der Waals surface area contributed by atoms with Gasteiger partial charge in [0, 0.05) is 6.54 Å². The Labute approximate surface area is 179 Å². The number of benzene rings is 3. The van der Waals surface area contributed by atoms with Crippen LogP contribution in [0.3, 0.4) is 0 Å². The molecule has 30 heavy (non-hydrogen) atoms. The minimum atomic E-state index is -3.76. The summed E-state index contributed by atoms with van der Waals surface area (Å²) in [5.41, 5.74) is 2.33. The van der Waals surface area contributed by atoms with Crippen LogP contribution in [0.5, 0.6) is 0 Å². The number of carbonyl (C=O) groups is 1. The zero-order valence-corrected chi connectivity index (χ0v) is 17.7. The fourth-order valence-corrected chi connectivity index (χ4v) is 4.08. The summed E-state index contributed by atoms with van der Waals surface area (Å²) in [4.78, 5) is 12.5. The molecule has 0 atom stereocenters. The molecule has 0 radical (unpaired) electrons. The molecule has 0 aromatic heterocycles. The van der Waals surface area contributed by atoms with E-state index in [1.807, 2.05) is 6.92 Å². The molecule has 0 aliphatic heterocycles. The van der Waals surface area contributed by atoms with Gasteiger partial charge in [-0.3, -0.25) is 9.52 Å². The molecule has 156 valence electrons. The molecule has 8 heteroatoms. The summed E-state index contributed by atoms with van der Waals surface area (Å²) in [6, 6.07) is 16.8. The van der Waals surface area contributed by atoms with E-state index in [2.05, 4.69) is 10.0 Å². The van der Waals surface area contributed by atoms with Gasteiger partial charge in [-0.2, -0.15) is 0 Å². The monoisotopic (exact) mass is 446 g/mol. The molecule has 3 aromatic rings. The molecule has 0 fully saturated rings. The predicted molar refractivity (Wildman–Crippen MR) is 116 cm³/mol. The first-order chi connectivity index (χ1) is 14.2. The largest absolute Gasteiger partial charge is 0.352 e. The highest BCUT2D eigenvalue weighted by atomic mass is 35.5. The molecule has 0 saturated carbocycles. The summed E-state index contributed by atoms with van der Waals surface area (Å²) < 4.78 is 40.3. The lowest BCUT2D eigenvalue weighted by Gasteiger charge is -2.11. The molecule has 3 rings (SSSR count). The van der Waals surface area contributed by atoms with E-state index in [4.69, 9.17) is 11.6 Å². The van der Waals surface area contributed by atoms with Crippen LogP contribution >= 0.6 is 11.6 Å². The second-order valence-electron chi connectivity index (χ2n) is 6.75. The number of halogens is 2. The summed E-state index contributed by atoms with van der Waals surface area (Å²) in [5.74, 6) is -0.692. The first kappa shape index (κ1) is 21.8. The maximum absolute atomic E-state index is 12.9.